The Morgan fingerprint density at radius 3 is 2.76 bits per heavy atom. The molecule has 0 spiro atoms. The molecule has 2 fully saturated rings. The number of nitrogens with zero attached hydrogens (tertiary/aromatic N) is 3. The van der Waals surface area contributed by atoms with E-state index in [0.29, 0.717) is 11.8 Å². The Morgan fingerprint density at radius 1 is 1.04 bits per heavy atom. The van der Waals surface area contributed by atoms with E-state index in [-0.39, 0.29) is 12.1 Å². The number of likely N-dealkylation sites (tertiary alicyclic amines) is 1. The van der Waals surface area contributed by atoms with Gasteiger partial charge in [0.15, 0.2) is 0 Å². The summed E-state index contributed by atoms with van der Waals surface area (Å²) in [5.41, 5.74) is 1.05. The Kier molecular flexibility index (Phi) is 5.10. The van der Waals surface area contributed by atoms with Gasteiger partial charge in [-0.05, 0) is 44.4 Å². The van der Waals surface area contributed by atoms with Gasteiger partial charge < -0.3 is 9.15 Å². The Bertz CT molecular complexity index is 741. The van der Waals surface area contributed by atoms with E-state index in [1.807, 2.05) is 30.3 Å². The summed E-state index contributed by atoms with van der Waals surface area (Å²) in [5, 5.41) is 8.55. The maximum atomic E-state index is 5.96. The zero-order valence-corrected chi connectivity index (χ0v) is 14.4. The van der Waals surface area contributed by atoms with Crippen molar-refractivity contribution in [1.29, 1.82) is 0 Å². The lowest BCUT2D eigenvalue weighted by Crippen LogP contribution is -2.34. The second kappa shape index (κ2) is 7.81. The molecule has 3 heterocycles. The monoisotopic (exact) mass is 337 g/mol. The highest BCUT2D eigenvalue weighted by Crippen LogP contribution is 2.33. The number of aromatic nitrogens is 2. The third-order valence-corrected chi connectivity index (χ3v) is 4.85. The molecule has 0 radical (unpaired) electrons. The molecule has 0 N–H and O–H groups in total. The molecule has 5 nitrogen and oxygen atoms in total. The van der Waals surface area contributed by atoms with Crippen LogP contribution in [0.25, 0.3) is 0 Å². The van der Waals surface area contributed by atoms with Crippen LogP contribution in [0.5, 0.6) is 0 Å². The standard InChI is InChI=1S/C20H23N3O2/c1-2-8-16(9-3-1)10-6-14-23-13-5-4-11-17(23)19-21-22-20(25-19)18-12-7-15-24-18/h1-3,8-9,17-18H,4-5,7,11-15H2/t17?,18-/m1/s1. The summed E-state index contributed by atoms with van der Waals surface area (Å²) in [6, 6.07) is 10.3. The van der Waals surface area contributed by atoms with Crippen molar-refractivity contribution in [3.8, 4) is 11.8 Å². The first kappa shape index (κ1) is 16.3. The average molecular weight is 337 g/mol. The zero-order valence-electron chi connectivity index (χ0n) is 14.4. The number of hydrogen-bond donors (Lipinski definition) is 0. The molecule has 1 unspecified atom stereocenters. The summed E-state index contributed by atoms with van der Waals surface area (Å²) >= 11 is 0. The minimum absolute atomic E-state index is 0.0174. The lowest BCUT2D eigenvalue weighted by Gasteiger charge is -2.31. The van der Waals surface area contributed by atoms with Crippen LogP contribution in [0.15, 0.2) is 34.7 Å². The highest BCUT2D eigenvalue weighted by Gasteiger charge is 2.30. The van der Waals surface area contributed by atoms with E-state index in [9.17, 15) is 0 Å². The zero-order chi connectivity index (χ0) is 16.9. The summed E-state index contributed by atoms with van der Waals surface area (Å²) in [4.78, 5) is 2.35. The Morgan fingerprint density at radius 2 is 1.92 bits per heavy atom. The molecule has 2 aliphatic rings. The molecular weight excluding hydrogens is 314 g/mol. The van der Waals surface area contributed by atoms with E-state index in [2.05, 4.69) is 26.9 Å². The number of ether oxygens (including phenoxy) is 1. The highest BCUT2D eigenvalue weighted by atomic mass is 16.5. The average Bonchev–Trinajstić information content (AvgIpc) is 3.35. The smallest absolute Gasteiger partial charge is 0.245 e. The second-order valence-corrected chi connectivity index (χ2v) is 6.63. The lowest BCUT2D eigenvalue weighted by atomic mass is 10.0. The molecule has 2 aliphatic heterocycles. The Hall–Kier alpha value is -2.16. The van der Waals surface area contributed by atoms with Crippen molar-refractivity contribution in [2.24, 2.45) is 0 Å². The molecule has 2 aromatic rings. The molecule has 5 heteroatoms. The molecule has 25 heavy (non-hydrogen) atoms. The van der Waals surface area contributed by atoms with E-state index < -0.39 is 0 Å². The third kappa shape index (κ3) is 3.92. The van der Waals surface area contributed by atoms with Crippen LogP contribution < -0.4 is 0 Å². The van der Waals surface area contributed by atoms with E-state index in [4.69, 9.17) is 9.15 Å². The van der Waals surface area contributed by atoms with Crippen LogP contribution in [0.3, 0.4) is 0 Å². The summed E-state index contributed by atoms with van der Waals surface area (Å²) in [6.07, 6.45) is 5.43. The first-order valence-corrected chi connectivity index (χ1v) is 9.13. The van der Waals surface area contributed by atoms with Crippen molar-refractivity contribution in [3.63, 3.8) is 0 Å². The van der Waals surface area contributed by atoms with Crippen molar-refractivity contribution in [2.75, 3.05) is 19.7 Å². The number of piperidine rings is 1. The van der Waals surface area contributed by atoms with Crippen LogP contribution in [-0.4, -0.2) is 34.8 Å². The van der Waals surface area contributed by atoms with Gasteiger partial charge in [-0.15, -0.1) is 10.2 Å². The fourth-order valence-electron chi connectivity index (χ4n) is 3.51. The third-order valence-electron chi connectivity index (χ3n) is 4.85. The van der Waals surface area contributed by atoms with Crippen LogP contribution in [0.1, 0.15) is 61.6 Å². The van der Waals surface area contributed by atoms with Gasteiger partial charge in [-0.1, -0.05) is 36.5 Å². The Balaban J connectivity index is 1.45. The molecule has 130 valence electrons. The SMILES string of the molecule is C(#Cc1ccccc1)CN1CCCCC1c1nnc([C@H]2CCCO2)o1. The van der Waals surface area contributed by atoms with Gasteiger partial charge in [-0.25, -0.2) is 0 Å². The summed E-state index contributed by atoms with van der Waals surface area (Å²) in [7, 11) is 0. The van der Waals surface area contributed by atoms with Gasteiger partial charge in [-0.2, -0.15) is 0 Å². The number of rotatable bonds is 3. The molecule has 0 bridgehead atoms. The van der Waals surface area contributed by atoms with Gasteiger partial charge in [0.2, 0.25) is 11.8 Å². The molecule has 0 aliphatic carbocycles. The van der Waals surface area contributed by atoms with E-state index in [1.54, 1.807) is 0 Å². The van der Waals surface area contributed by atoms with Crippen molar-refractivity contribution in [1.82, 2.24) is 15.1 Å². The van der Waals surface area contributed by atoms with Crippen LogP contribution in [-0.2, 0) is 4.74 Å². The molecule has 1 aromatic heterocycles. The summed E-state index contributed by atoms with van der Waals surface area (Å²) in [5.74, 6) is 7.88. The van der Waals surface area contributed by atoms with Gasteiger partial charge in [0, 0.05) is 12.2 Å². The van der Waals surface area contributed by atoms with Crippen LogP contribution in [0.4, 0.5) is 0 Å². The fraction of sp³-hybridized carbons (Fsp3) is 0.500. The molecule has 2 atom stereocenters. The van der Waals surface area contributed by atoms with E-state index in [1.165, 1.54) is 12.8 Å². The van der Waals surface area contributed by atoms with E-state index >= 15 is 0 Å². The largest absolute Gasteiger partial charge is 0.421 e. The molecule has 0 amide bonds. The summed E-state index contributed by atoms with van der Waals surface area (Å²) < 4.78 is 11.6. The topological polar surface area (TPSA) is 51.4 Å². The van der Waals surface area contributed by atoms with Crippen LogP contribution in [0.2, 0.25) is 0 Å². The Labute approximate surface area is 148 Å². The molecule has 4 rings (SSSR count). The minimum atomic E-state index is -0.0174. The lowest BCUT2D eigenvalue weighted by molar-refractivity contribution is 0.0825. The van der Waals surface area contributed by atoms with Gasteiger partial charge in [0.05, 0.1) is 12.6 Å². The van der Waals surface area contributed by atoms with Crippen LogP contribution in [0, 0.1) is 11.8 Å². The normalized spacial score (nSPS) is 24.0. The predicted octanol–water partition coefficient (Wildman–Crippen LogP) is 3.50. The second-order valence-electron chi connectivity index (χ2n) is 6.63. The van der Waals surface area contributed by atoms with Gasteiger partial charge in [-0.3, -0.25) is 4.90 Å². The summed E-state index contributed by atoms with van der Waals surface area (Å²) in [6.45, 7) is 2.52. The van der Waals surface area contributed by atoms with Gasteiger partial charge >= 0.3 is 0 Å². The van der Waals surface area contributed by atoms with Crippen molar-refractivity contribution in [3.05, 3.63) is 47.7 Å². The quantitative estimate of drug-likeness (QED) is 0.802. The number of hydrogen-bond acceptors (Lipinski definition) is 5. The molecule has 2 saturated heterocycles. The van der Waals surface area contributed by atoms with Crippen molar-refractivity contribution < 1.29 is 9.15 Å². The maximum Gasteiger partial charge on any atom is 0.245 e. The molecule has 1 aromatic carbocycles. The van der Waals surface area contributed by atoms with Crippen molar-refractivity contribution >= 4 is 0 Å². The predicted molar refractivity (Wildman–Crippen MR) is 93.7 cm³/mol. The van der Waals surface area contributed by atoms with Crippen molar-refractivity contribution in [2.45, 2.75) is 44.2 Å². The first-order chi connectivity index (χ1) is 12.4. The highest BCUT2D eigenvalue weighted by molar-refractivity contribution is 5.33. The maximum absolute atomic E-state index is 5.96. The molecule has 0 saturated carbocycles. The first-order valence-electron chi connectivity index (χ1n) is 9.13. The minimum Gasteiger partial charge on any atom is -0.421 e. The van der Waals surface area contributed by atoms with Gasteiger partial charge in [0.1, 0.15) is 6.10 Å². The fourth-order valence-corrected chi connectivity index (χ4v) is 3.51. The van der Waals surface area contributed by atoms with Gasteiger partial charge in [0.25, 0.3) is 0 Å². The molecular formula is C20H23N3O2. The number of benzene rings is 1. The van der Waals surface area contributed by atoms with Crippen LogP contribution >= 0.6 is 0 Å². The van der Waals surface area contributed by atoms with E-state index in [0.717, 1.165) is 44.5 Å².